The number of benzene rings is 2. The van der Waals surface area contributed by atoms with Gasteiger partial charge >= 0.3 is 0 Å². The molecule has 0 saturated heterocycles. The van der Waals surface area contributed by atoms with Gasteiger partial charge in [-0.2, -0.15) is 0 Å². The number of aryl methyl sites for hydroxylation is 1. The fourth-order valence-electron chi connectivity index (χ4n) is 4.49. The van der Waals surface area contributed by atoms with Crippen molar-refractivity contribution in [3.8, 4) is 5.75 Å². The average Bonchev–Trinajstić information content (AvgIpc) is 3.10. The van der Waals surface area contributed by atoms with Crippen LogP contribution >= 0.6 is 12.2 Å². The molecule has 4 nitrogen and oxygen atoms in total. The molecule has 1 aliphatic rings. The molecule has 1 aliphatic carbocycles. The van der Waals surface area contributed by atoms with Crippen molar-refractivity contribution in [1.29, 1.82) is 0 Å². The normalized spacial score (nSPS) is 14.6. The van der Waals surface area contributed by atoms with E-state index >= 15 is 0 Å². The van der Waals surface area contributed by atoms with Gasteiger partial charge in [0.05, 0.1) is 6.61 Å². The molecule has 0 aliphatic heterocycles. The maximum absolute atomic E-state index is 5.93. The molecular weight excluding hydrogens is 390 g/mol. The summed E-state index contributed by atoms with van der Waals surface area (Å²) >= 11 is 5.93. The lowest BCUT2D eigenvalue weighted by Crippen LogP contribution is -2.43. The number of fused-ring (bicyclic) bond motifs is 1. The largest absolute Gasteiger partial charge is 0.494 e. The van der Waals surface area contributed by atoms with E-state index in [-0.39, 0.29) is 0 Å². The number of hydrogen-bond donors (Lipinski definition) is 1. The first-order chi connectivity index (χ1) is 14.7. The number of aromatic nitrogens is 1. The summed E-state index contributed by atoms with van der Waals surface area (Å²) in [6, 6.07) is 17.2. The zero-order valence-corrected chi connectivity index (χ0v) is 18.8. The van der Waals surface area contributed by atoms with Crippen molar-refractivity contribution in [2.24, 2.45) is 7.05 Å². The van der Waals surface area contributed by atoms with Gasteiger partial charge in [0.15, 0.2) is 5.11 Å². The lowest BCUT2D eigenvalue weighted by Gasteiger charge is -2.36. The minimum absolute atomic E-state index is 0.486. The third-order valence-electron chi connectivity index (χ3n) is 6.01. The highest BCUT2D eigenvalue weighted by atomic mass is 32.1. The molecule has 1 aromatic heterocycles. The van der Waals surface area contributed by atoms with Crippen LogP contribution in [0.5, 0.6) is 5.75 Å². The zero-order chi connectivity index (χ0) is 20.9. The molecule has 1 N–H and O–H groups in total. The summed E-state index contributed by atoms with van der Waals surface area (Å²) in [6.45, 7) is 3.50. The minimum atomic E-state index is 0.486. The van der Waals surface area contributed by atoms with Gasteiger partial charge in [-0.3, -0.25) is 0 Å². The Kier molecular flexibility index (Phi) is 6.58. The first kappa shape index (κ1) is 20.7. The number of hydrogen-bond acceptors (Lipinski definition) is 2. The minimum Gasteiger partial charge on any atom is -0.494 e. The molecule has 0 amide bonds. The Morgan fingerprint density at radius 3 is 2.57 bits per heavy atom. The molecule has 4 rings (SSSR count). The second-order valence-electron chi connectivity index (χ2n) is 8.09. The Balaban J connectivity index is 1.56. The van der Waals surface area contributed by atoms with Crippen molar-refractivity contribution in [1.82, 2.24) is 9.47 Å². The summed E-state index contributed by atoms with van der Waals surface area (Å²) in [5.41, 5.74) is 3.60. The van der Waals surface area contributed by atoms with Crippen LogP contribution in [0.1, 0.15) is 44.6 Å². The monoisotopic (exact) mass is 421 g/mol. The van der Waals surface area contributed by atoms with Crippen LogP contribution in [0.25, 0.3) is 10.9 Å². The molecule has 158 valence electrons. The predicted molar refractivity (Wildman–Crippen MR) is 129 cm³/mol. The highest BCUT2D eigenvalue weighted by Crippen LogP contribution is 2.28. The van der Waals surface area contributed by atoms with Crippen molar-refractivity contribution in [2.75, 3.05) is 11.9 Å². The summed E-state index contributed by atoms with van der Waals surface area (Å²) in [4.78, 5) is 2.41. The molecule has 1 heterocycles. The van der Waals surface area contributed by atoms with Crippen molar-refractivity contribution >= 4 is 33.9 Å². The number of nitrogens with zero attached hydrogens (tertiary/aromatic N) is 2. The number of anilines is 1. The summed E-state index contributed by atoms with van der Waals surface area (Å²) < 4.78 is 7.77. The highest BCUT2D eigenvalue weighted by Gasteiger charge is 2.24. The van der Waals surface area contributed by atoms with Crippen LogP contribution in [0.15, 0.2) is 54.7 Å². The van der Waals surface area contributed by atoms with Gasteiger partial charge in [-0.25, -0.2) is 0 Å². The summed E-state index contributed by atoms with van der Waals surface area (Å²) in [6.07, 6.45) is 8.55. The molecule has 30 heavy (non-hydrogen) atoms. The van der Waals surface area contributed by atoms with Gasteiger partial charge in [-0.1, -0.05) is 37.5 Å². The van der Waals surface area contributed by atoms with Crippen LogP contribution in [0, 0.1) is 0 Å². The van der Waals surface area contributed by atoms with Gasteiger partial charge in [-0.15, -0.1) is 0 Å². The molecule has 0 radical (unpaired) electrons. The molecular formula is C25H31N3OS. The molecule has 2 aromatic carbocycles. The number of ether oxygens (including phenoxy) is 1. The quantitative estimate of drug-likeness (QED) is 0.486. The Morgan fingerprint density at radius 1 is 1.10 bits per heavy atom. The third kappa shape index (κ3) is 4.62. The molecule has 0 spiro atoms. The SMILES string of the molecule is CCOc1ccc(NC(=S)N(Cc2cn(C)c3ccccc23)C2CCCCC2)cc1. The molecule has 3 aromatic rings. The lowest BCUT2D eigenvalue weighted by atomic mass is 9.94. The van der Waals surface area contributed by atoms with Crippen LogP contribution in [0.2, 0.25) is 0 Å². The predicted octanol–water partition coefficient (Wildman–Crippen LogP) is 6.11. The van der Waals surface area contributed by atoms with Gasteiger partial charge in [0, 0.05) is 42.4 Å². The van der Waals surface area contributed by atoms with E-state index in [1.165, 1.54) is 48.6 Å². The van der Waals surface area contributed by atoms with Gasteiger partial charge < -0.3 is 19.5 Å². The number of thiocarbonyl (C=S) groups is 1. The van der Waals surface area contributed by atoms with Crippen LogP contribution < -0.4 is 10.1 Å². The Morgan fingerprint density at radius 2 is 1.83 bits per heavy atom. The van der Waals surface area contributed by atoms with Crippen molar-refractivity contribution in [3.63, 3.8) is 0 Å². The lowest BCUT2D eigenvalue weighted by molar-refractivity contribution is 0.241. The van der Waals surface area contributed by atoms with E-state index in [9.17, 15) is 0 Å². The van der Waals surface area contributed by atoms with Gasteiger partial charge in [0.2, 0.25) is 0 Å². The van der Waals surface area contributed by atoms with Gasteiger partial charge in [0.25, 0.3) is 0 Å². The molecule has 1 fully saturated rings. The third-order valence-corrected chi connectivity index (χ3v) is 6.35. The first-order valence-corrected chi connectivity index (χ1v) is 11.4. The van der Waals surface area contributed by atoms with Crippen LogP contribution in [0.4, 0.5) is 5.69 Å². The van der Waals surface area contributed by atoms with Crippen LogP contribution in [-0.4, -0.2) is 27.2 Å². The molecule has 5 heteroatoms. The van der Waals surface area contributed by atoms with E-state index in [0.29, 0.717) is 12.6 Å². The molecule has 0 unspecified atom stereocenters. The van der Waals surface area contributed by atoms with E-state index in [1.807, 2.05) is 31.2 Å². The number of para-hydroxylation sites is 1. The van der Waals surface area contributed by atoms with Gasteiger partial charge in [-0.05, 0) is 67.9 Å². The Hall–Kier alpha value is -2.53. The van der Waals surface area contributed by atoms with Crippen molar-refractivity contribution in [3.05, 3.63) is 60.3 Å². The smallest absolute Gasteiger partial charge is 0.173 e. The maximum atomic E-state index is 5.93. The zero-order valence-electron chi connectivity index (χ0n) is 17.9. The summed E-state index contributed by atoms with van der Waals surface area (Å²) in [5.74, 6) is 0.883. The molecule has 1 saturated carbocycles. The van der Waals surface area contributed by atoms with E-state index < -0.39 is 0 Å². The maximum Gasteiger partial charge on any atom is 0.173 e. The highest BCUT2D eigenvalue weighted by molar-refractivity contribution is 7.80. The summed E-state index contributed by atoms with van der Waals surface area (Å²) in [5, 5.41) is 5.59. The fraction of sp³-hybridized carbons (Fsp3) is 0.400. The van der Waals surface area contributed by atoms with E-state index in [1.54, 1.807) is 0 Å². The second kappa shape index (κ2) is 9.52. The van der Waals surface area contributed by atoms with Crippen LogP contribution in [0.3, 0.4) is 0 Å². The molecule has 0 atom stereocenters. The second-order valence-corrected chi connectivity index (χ2v) is 8.48. The Bertz CT molecular complexity index is 989. The Labute approximate surface area is 184 Å². The van der Waals surface area contributed by atoms with Crippen molar-refractivity contribution < 1.29 is 4.74 Å². The fourth-order valence-corrected chi connectivity index (χ4v) is 4.82. The van der Waals surface area contributed by atoms with E-state index in [0.717, 1.165) is 23.1 Å². The van der Waals surface area contributed by atoms with Gasteiger partial charge in [0.1, 0.15) is 5.75 Å². The number of nitrogens with one attached hydrogen (secondary N) is 1. The number of rotatable bonds is 6. The summed E-state index contributed by atoms with van der Waals surface area (Å²) in [7, 11) is 2.12. The standard InChI is InChI=1S/C25H31N3OS/c1-3-29-22-15-13-20(14-16-22)26-25(30)28(21-9-5-4-6-10-21)18-19-17-27(2)24-12-8-7-11-23(19)24/h7-8,11-17,21H,3-6,9-10,18H2,1-2H3,(H,26,30). The average molecular weight is 422 g/mol. The van der Waals surface area contributed by atoms with E-state index in [2.05, 4.69) is 52.3 Å². The van der Waals surface area contributed by atoms with Crippen LogP contribution in [-0.2, 0) is 13.6 Å². The topological polar surface area (TPSA) is 29.4 Å². The molecule has 0 bridgehead atoms. The first-order valence-electron chi connectivity index (χ1n) is 11.0. The van der Waals surface area contributed by atoms with E-state index in [4.69, 9.17) is 17.0 Å². The van der Waals surface area contributed by atoms with Crippen molar-refractivity contribution in [2.45, 2.75) is 51.6 Å².